The highest BCUT2D eigenvalue weighted by Gasteiger charge is 2.02. The van der Waals surface area contributed by atoms with E-state index in [1.165, 1.54) is 0 Å². The standard InChI is InChI=1S/C9H10Br2N4/c10-8-6-9(11)15(13-8)4-1-3-14-5-2-12-7-14/h2,5-7H,1,3-4H2. The van der Waals surface area contributed by atoms with E-state index in [4.69, 9.17) is 0 Å². The molecule has 2 rings (SSSR count). The van der Waals surface area contributed by atoms with Crippen molar-refractivity contribution in [1.82, 2.24) is 19.3 Å². The van der Waals surface area contributed by atoms with Crippen molar-refractivity contribution in [1.29, 1.82) is 0 Å². The number of aryl methyl sites for hydroxylation is 2. The number of halogens is 2. The predicted octanol–water partition coefficient (Wildman–Crippen LogP) is 2.69. The molecular weight excluding hydrogens is 324 g/mol. The third-order valence-electron chi connectivity index (χ3n) is 2.05. The Kier molecular flexibility index (Phi) is 3.58. The second-order valence-electron chi connectivity index (χ2n) is 3.17. The molecule has 0 aliphatic heterocycles. The van der Waals surface area contributed by atoms with Crippen LogP contribution in [0.4, 0.5) is 0 Å². The molecule has 0 aliphatic carbocycles. The first kappa shape index (κ1) is 10.9. The minimum atomic E-state index is 0.858. The molecule has 0 fully saturated rings. The zero-order valence-electron chi connectivity index (χ0n) is 7.98. The quantitative estimate of drug-likeness (QED) is 0.862. The smallest absolute Gasteiger partial charge is 0.129 e. The molecule has 2 heterocycles. The highest BCUT2D eigenvalue weighted by Crippen LogP contribution is 2.16. The number of hydrogen-bond acceptors (Lipinski definition) is 2. The molecule has 0 saturated heterocycles. The molecule has 0 unspecified atom stereocenters. The normalized spacial score (nSPS) is 10.8. The SMILES string of the molecule is Brc1cc(Br)n(CCCn2ccnc2)n1. The number of aromatic nitrogens is 4. The summed E-state index contributed by atoms with van der Waals surface area (Å²) in [6.45, 7) is 1.86. The molecule has 2 aromatic rings. The first-order chi connectivity index (χ1) is 7.25. The Morgan fingerprint density at radius 1 is 1.27 bits per heavy atom. The van der Waals surface area contributed by atoms with E-state index in [1.807, 2.05) is 23.3 Å². The molecule has 0 spiro atoms. The Bertz CT molecular complexity index is 421. The topological polar surface area (TPSA) is 35.6 Å². The van der Waals surface area contributed by atoms with E-state index < -0.39 is 0 Å². The molecule has 15 heavy (non-hydrogen) atoms. The van der Waals surface area contributed by atoms with Crippen molar-refractivity contribution in [2.24, 2.45) is 0 Å². The second kappa shape index (κ2) is 4.94. The summed E-state index contributed by atoms with van der Waals surface area (Å²) in [7, 11) is 0. The molecule has 4 nitrogen and oxygen atoms in total. The molecule has 0 aliphatic rings. The van der Waals surface area contributed by atoms with Crippen LogP contribution in [0.3, 0.4) is 0 Å². The van der Waals surface area contributed by atoms with Crippen molar-refractivity contribution >= 4 is 31.9 Å². The zero-order chi connectivity index (χ0) is 10.7. The van der Waals surface area contributed by atoms with E-state index in [9.17, 15) is 0 Å². The summed E-state index contributed by atoms with van der Waals surface area (Å²) in [6, 6.07) is 1.94. The lowest BCUT2D eigenvalue weighted by atomic mass is 10.4. The Labute approximate surface area is 105 Å². The summed E-state index contributed by atoms with van der Waals surface area (Å²) in [5.41, 5.74) is 0. The summed E-state index contributed by atoms with van der Waals surface area (Å²) in [4.78, 5) is 3.99. The van der Waals surface area contributed by atoms with Gasteiger partial charge in [0.1, 0.15) is 9.21 Å². The maximum absolute atomic E-state index is 4.29. The van der Waals surface area contributed by atoms with E-state index in [0.29, 0.717) is 0 Å². The van der Waals surface area contributed by atoms with Crippen molar-refractivity contribution in [2.75, 3.05) is 0 Å². The monoisotopic (exact) mass is 332 g/mol. The molecule has 6 heteroatoms. The van der Waals surface area contributed by atoms with Gasteiger partial charge in [0.25, 0.3) is 0 Å². The Hall–Kier alpha value is -0.620. The van der Waals surface area contributed by atoms with Crippen molar-refractivity contribution in [3.8, 4) is 0 Å². The predicted molar refractivity (Wildman–Crippen MR) is 64.5 cm³/mol. The average Bonchev–Trinajstić information content (AvgIpc) is 2.77. The van der Waals surface area contributed by atoms with Gasteiger partial charge in [-0.3, -0.25) is 4.68 Å². The van der Waals surface area contributed by atoms with Gasteiger partial charge in [0.2, 0.25) is 0 Å². The van der Waals surface area contributed by atoms with Gasteiger partial charge < -0.3 is 4.57 Å². The van der Waals surface area contributed by atoms with Crippen molar-refractivity contribution in [3.63, 3.8) is 0 Å². The van der Waals surface area contributed by atoms with Gasteiger partial charge in [-0.15, -0.1) is 0 Å². The lowest BCUT2D eigenvalue weighted by Crippen LogP contribution is -2.04. The average molecular weight is 334 g/mol. The van der Waals surface area contributed by atoms with E-state index >= 15 is 0 Å². The van der Waals surface area contributed by atoms with Crippen LogP contribution in [0.5, 0.6) is 0 Å². The first-order valence-corrected chi connectivity index (χ1v) is 6.19. The lowest BCUT2D eigenvalue weighted by molar-refractivity contribution is 0.518. The van der Waals surface area contributed by atoms with Gasteiger partial charge in [-0.1, -0.05) is 0 Å². The Balaban J connectivity index is 1.86. The number of hydrogen-bond donors (Lipinski definition) is 0. The molecule has 0 N–H and O–H groups in total. The molecular formula is C9H10Br2N4. The number of imidazole rings is 1. The molecule has 0 bridgehead atoms. The van der Waals surface area contributed by atoms with E-state index in [0.717, 1.165) is 28.7 Å². The lowest BCUT2D eigenvalue weighted by Gasteiger charge is -2.03. The summed E-state index contributed by atoms with van der Waals surface area (Å²) in [5.74, 6) is 0. The van der Waals surface area contributed by atoms with Gasteiger partial charge in [0.15, 0.2) is 0 Å². The van der Waals surface area contributed by atoms with Crippen LogP contribution in [0.2, 0.25) is 0 Å². The second-order valence-corrected chi connectivity index (χ2v) is 4.79. The molecule has 0 aromatic carbocycles. The highest BCUT2D eigenvalue weighted by atomic mass is 79.9. The fourth-order valence-corrected chi connectivity index (χ4v) is 2.53. The van der Waals surface area contributed by atoms with Crippen LogP contribution >= 0.6 is 31.9 Å². The maximum Gasteiger partial charge on any atom is 0.129 e. The van der Waals surface area contributed by atoms with Crippen LogP contribution in [0, 0.1) is 0 Å². The van der Waals surface area contributed by atoms with Crippen LogP contribution in [0.25, 0.3) is 0 Å². The fraction of sp³-hybridized carbons (Fsp3) is 0.333. The van der Waals surface area contributed by atoms with Crippen LogP contribution in [0.15, 0.2) is 34.0 Å². The summed E-state index contributed by atoms with van der Waals surface area (Å²) in [5, 5.41) is 4.29. The summed E-state index contributed by atoms with van der Waals surface area (Å²) >= 11 is 6.78. The van der Waals surface area contributed by atoms with E-state index in [2.05, 4.69) is 46.5 Å². The molecule has 0 atom stereocenters. The van der Waals surface area contributed by atoms with Crippen LogP contribution < -0.4 is 0 Å². The molecule has 80 valence electrons. The molecule has 0 amide bonds. The fourth-order valence-electron chi connectivity index (χ4n) is 1.34. The summed E-state index contributed by atoms with van der Waals surface area (Å²) in [6.07, 6.45) is 6.62. The largest absolute Gasteiger partial charge is 0.337 e. The van der Waals surface area contributed by atoms with E-state index in [-0.39, 0.29) is 0 Å². The minimum absolute atomic E-state index is 0.858. The van der Waals surface area contributed by atoms with Gasteiger partial charge in [-0.25, -0.2) is 4.98 Å². The third kappa shape index (κ3) is 2.92. The third-order valence-corrected chi connectivity index (χ3v) is 3.07. The first-order valence-electron chi connectivity index (χ1n) is 4.60. The van der Waals surface area contributed by atoms with Gasteiger partial charge in [-0.05, 0) is 38.3 Å². The zero-order valence-corrected chi connectivity index (χ0v) is 11.1. The van der Waals surface area contributed by atoms with Gasteiger partial charge in [0.05, 0.1) is 6.33 Å². The number of rotatable bonds is 4. The number of nitrogens with zero attached hydrogens (tertiary/aromatic N) is 4. The molecule has 0 radical (unpaired) electrons. The van der Waals surface area contributed by atoms with Crippen molar-refractivity contribution in [2.45, 2.75) is 19.5 Å². The van der Waals surface area contributed by atoms with Crippen LogP contribution in [-0.2, 0) is 13.1 Å². The highest BCUT2D eigenvalue weighted by molar-refractivity contribution is 9.11. The Morgan fingerprint density at radius 3 is 2.73 bits per heavy atom. The van der Waals surface area contributed by atoms with E-state index in [1.54, 1.807) is 6.20 Å². The minimum Gasteiger partial charge on any atom is -0.337 e. The van der Waals surface area contributed by atoms with Crippen LogP contribution in [0.1, 0.15) is 6.42 Å². The Morgan fingerprint density at radius 2 is 2.13 bits per heavy atom. The summed E-state index contributed by atoms with van der Waals surface area (Å²) < 4.78 is 5.85. The van der Waals surface area contributed by atoms with Gasteiger partial charge in [-0.2, -0.15) is 5.10 Å². The van der Waals surface area contributed by atoms with Crippen molar-refractivity contribution < 1.29 is 0 Å². The van der Waals surface area contributed by atoms with Gasteiger partial charge >= 0.3 is 0 Å². The van der Waals surface area contributed by atoms with Crippen molar-refractivity contribution in [3.05, 3.63) is 34.0 Å². The maximum atomic E-state index is 4.29. The molecule has 0 saturated carbocycles. The molecule has 2 aromatic heterocycles. The van der Waals surface area contributed by atoms with Gasteiger partial charge in [0, 0.05) is 31.5 Å². The van der Waals surface area contributed by atoms with Crippen LogP contribution in [-0.4, -0.2) is 19.3 Å².